The molecule has 2 aromatic carbocycles. The number of halogens is 2. The fourth-order valence-electron chi connectivity index (χ4n) is 3.42. The summed E-state index contributed by atoms with van der Waals surface area (Å²) in [7, 11) is -3.93. The maximum atomic E-state index is 13.8. The van der Waals surface area contributed by atoms with E-state index in [4.69, 9.17) is 11.6 Å². The monoisotopic (exact) mass is 511 g/mol. The molecule has 0 fully saturated rings. The first-order valence-corrected chi connectivity index (χ1v) is 13.3. The Labute approximate surface area is 205 Å². The highest BCUT2D eigenvalue weighted by molar-refractivity contribution is 7.92. The van der Waals surface area contributed by atoms with Gasteiger partial charge in [0, 0.05) is 17.6 Å². The Hall–Kier alpha value is -2.65. The van der Waals surface area contributed by atoms with Crippen molar-refractivity contribution in [2.45, 2.75) is 52.2 Å². The van der Waals surface area contributed by atoms with E-state index in [0.717, 1.165) is 16.6 Å². The first kappa shape index (κ1) is 27.6. The summed E-state index contributed by atoms with van der Waals surface area (Å²) < 4.78 is 39.6. The third kappa shape index (κ3) is 7.43. The lowest BCUT2D eigenvalue weighted by molar-refractivity contribution is -0.140. The van der Waals surface area contributed by atoms with Crippen molar-refractivity contribution in [2.24, 2.45) is 0 Å². The van der Waals surface area contributed by atoms with Gasteiger partial charge in [-0.3, -0.25) is 13.9 Å². The van der Waals surface area contributed by atoms with Crippen molar-refractivity contribution in [1.82, 2.24) is 10.2 Å². The third-order valence-electron chi connectivity index (χ3n) is 5.46. The molecule has 2 amide bonds. The molecule has 0 unspecified atom stereocenters. The lowest BCUT2D eigenvalue weighted by atomic mass is 10.1. The number of amides is 2. The number of hydrogen-bond donors (Lipinski definition) is 1. The first-order chi connectivity index (χ1) is 16.0. The SMILES string of the molecule is CC[C@@H](C)NC(=O)[C@H](CC)N(Cc1ccccc1Cl)C(=O)CN(c1cccc(F)c1)S(C)(=O)=O. The van der Waals surface area contributed by atoms with Gasteiger partial charge in [-0.2, -0.15) is 0 Å². The Kier molecular flexibility index (Phi) is 9.88. The van der Waals surface area contributed by atoms with Gasteiger partial charge in [0.05, 0.1) is 11.9 Å². The molecule has 7 nitrogen and oxygen atoms in total. The molecular formula is C24H31ClFN3O4S. The van der Waals surface area contributed by atoms with Gasteiger partial charge in [0.1, 0.15) is 18.4 Å². The van der Waals surface area contributed by atoms with E-state index in [9.17, 15) is 22.4 Å². The number of sulfonamides is 1. The highest BCUT2D eigenvalue weighted by atomic mass is 35.5. The summed E-state index contributed by atoms with van der Waals surface area (Å²) in [5.41, 5.74) is 0.634. The molecule has 0 bridgehead atoms. The zero-order valence-electron chi connectivity index (χ0n) is 19.8. The van der Waals surface area contributed by atoms with Crippen LogP contribution in [0.15, 0.2) is 48.5 Å². The molecule has 34 heavy (non-hydrogen) atoms. The van der Waals surface area contributed by atoms with Gasteiger partial charge >= 0.3 is 0 Å². The van der Waals surface area contributed by atoms with E-state index >= 15 is 0 Å². The smallest absolute Gasteiger partial charge is 0.244 e. The van der Waals surface area contributed by atoms with Crippen LogP contribution in [0.1, 0.15) is 39.2 Å². The van der Waals surface area contributed by atoms with Crippen LogP contribution in [0, 0.1) is 5.82 Å². The zero-order valence-corrected chi connectivity index (χ0v) is 21.4. The molecular weight excluding hydrogens is 481 g/mol. The van der Waals surface area contributed by atoms with Crippen molar-refractivity contribution in [2.75, 3.05) is 17.1 Å². The largest absolute Gasteiger partial charge is 0.352 e. The van der Waals surface area contributed by atoms with Gasteiger partial charge in [-0.05, 0) is 49.6 Å². The minimum absolute atomic E-state index is 0.00565. The number of benzene rings is 2. The normalized spacial score (nSPS) is 13.1. The zero-order chi connectivity index (χ0) is 25.5. The van der Waals surface area contributed by atoms with E-state index < -0.39 is 34.3 Å². The van der Waals surface area contributed by atoms with E-state index in [-0.39, 0.29) is 24.2 Å². The molecule has 0 radical (unpaired) electrons. The Morgan fingerprint density at radius 1 is 1.09 bits per heavy atom. The lowest BCUT2D eigenvalue weighted by Crippen LogP contribution is -2.53. The van der Waals surface area contributed by atoms with Crippen LogP contribution in [0.3, 0.4) is 0 Å². The van der Waals surface area contributed by atoms with Gasteiger partial charge in [-0.1, -0.05) is 49.7 Å². The summed E-state index contributed by atoms with van der Waals surface area (Å²) in [6, 6.07) is 11.0. The van der Waals surface area contributed by atoms with Gasteiger partial charge < -0.3 is 10.2 Å². The van der Waals surface area contributed by atoms with Crippen molar-refractivity contribution >= 4 is 39.1 Å². The predicted octanol–water partition coefficient (Wildman–Crippen LogP) is 3.97. The van der Waals surface area contributed by atoms with Crippen LogP contribution in [-0.2, 0) is 26.2 Å². The number of carbonyl (C=O) groups is 2. The quantitative estimate of drug-likeness (QED) is 0.494. The third-order valence-corrected chi connectivity index (χ3v) is 6.97. The van der Waals surface area contributed by atoms with Crippen molar-refractivity contribution in [3.8, 4) is 0 Å². The van der Waals surface area contributed by atoms with Gasteiger partial charge in [-0.25, -0.2) is 12.8 Å². The number of hydrogen-bond acceptors (Lipinski definition) is 4. The molecule has 0 aliphatic rings. The van der Waals surface area contributed by atoms with Gasteiger partial charge in [0.15, 0.2) is 0 Å². The number of anilines is 1. The van der Waals surface area contributed by atoms with E-state index in [1.807, 2.05) is 13.8 Å². The predicted molar refractivity (Wildman–Crippen MR) is 133 cm³/mol. The van der Waals surface area contributed by atoms with Gasteiger partial charge in [0.25, 0.3) is 0 Å². The number of rotatable bonds is 11. The molecule has 2 aromatic rings. The maximum Gasteiger partial charge on any atom is 0.244 e. The number of carbonyl (C=O) groups excluding carboxylic acids is 2. The van der Waals surface area contributed by atoms with Crippen LogP contribution in [0.25, 0.3) is 0 Å². The summed E-state index contributed by atoms with van der Waals surface area (Å²) in [6.07, 6.45) is 1.95. The molecule has 1 N–H and O–H groups in total. The van der Waals surface area contributed by atoms with Crippen LogP contribution >= 0.6 is 11.6 Å². The van der Waals surface area contributed by atoms with Crippen LogP contribution in [0.4, 0.5) is 10.1 Å². The Morgan fingerprint density at radius 2 is 1.76 bits per heavy atom. The molecule has 0 saturated carbocycles. The number of nitrogens with zero attached hydrogens (tertiary/aromatic N) is 2. The average Bonchev–Trinajstić information content (AvgIpc) is 2.77. The Bertz CT molecular complexity index is 1110. The summed E-state index contributed by atoms with van der Waals surface area (Å²) in [5, 5.41) is 3.31. The lowest BCUT2D eigenvalue weighted by Gasteiger charge is -2.33. The minimum atomic E-state index is -3.93. The summed E-state index contributed by atoms with van der Waals surface area (Å²) in [4.78, 5) is 27.9. The van der Waals surface area contributed by atoms with Crippen molar-refractivity contribution in [3.63, 3.8) is 0 Å². The highest BCUT2D eigenvalue weighted by Crippen LogP contribution is 2.22. The molecule has 0 spiro atoms. The topological polar surface area (TPSA) is 86.8 Å². The molecule has 2 atom stereocenters. The molecule has 0 aliphatic carbocycles. The molecule has 0 aliphatic heterocycles. The maximum absolute atomic E-state index is 13.8. The molecule has 0 saturated heterocycles. The fourth-order valence-corrected chi connectivity index (χ4v) is 4.45. The Morgan fingerprint density at radius 3 is 2.32 bits per heavy atom. The second-order valence-electron chi connectivity index (χ2n) is 8.10. The first-order valence-electron chi connectivity index (χ1n) is 11.0. The van der Waals surface area contributed by atoms with Crippen molar-refractivity contribution in [1.29, 1.82) is 0 Å². The molecule has 0 aromatic heterocycles. The average molecular weight is 512 g/mol. The Balaban J connectivity index is 2.45. The standard InChI is InChI=1S/C24H31ClFN3O4S/c1-5-17(3)27-24(31)22(6-2)28(15-18-10-7-8-13-21(18)25)23(30)16-29(34(4,32)33)20-12-9-11-19(26)14-20/h7-14,17,22H,5-6,15-16H2,1-4H3,(H,27,31)/t17-,22+/m1/s1. The molecule has 186 valence electrons. The second kappa shape index (κ2) is 12.2. The van der Waals surface area contributed by atoms with Crippen molar-refractivity contribution in [3.05, 3.63) is 64.9 Å². The minimum Gasteiger partial charge on any atom is -0.352 e. The van der Waals surface area contributed by atoms with Crippen LogP contribution in [0.2, 0.25) is 5.02 Å². The highest BCUT2D eigenvalue weighted by Gasteiger charge is 2.32. The van der Waals surface area contributed by atoms with Crippen LogP contribution in [-0.4, -0.2) is 50.0 Å². The van der Waals surface area contributed by atoms with Gasteiger partial charge in [-0.15, -0.1) is 0 Å². The molecule has 2 rings (SSSR count). The second-order valence-corrected chi connectivity index (χ2v) is 10.4. The van der Waals surface area contributed by atoms with Crippen LogP contribution in [0.5, 0.6) is 0 Å². The number of nitrogens with one attached hydrogen (secondary N) is 1. The summed E-state index contributed by atoms with van der Waals surface area (Å²) >= 11 is 6.31. The molecule has 10 heteroatoms. The summed E-state index contributed by atoms with van der Waals surface area (Å²) in [6.45, 7) is 4.97. The van der Waals surface area contributed by atoms with Crippen molar-refractivity contribution < 1.29 is 22.4 Å². The van der Waals surface area contributed by atoms with E-state index in [2.05, 4.69) is 5.32 Å². The van der Waals surface area contributed by atoms with Crippen LogP contribution < -0.4 is 9.62 Å². The van der Waals surface area contributed by atoms with E-state index in [1.54, 1.807) is 31.2 Å². The van der Waals surface area contributed by atoms with Gasteiger partial charge in [0.2, 0.25) is 21.8 Å². The molecule has 0 heterocycles. The van der Waals surface area contributed by atoms with E-state index in [0.29, 0.717) is 23.4 Å². The fraction of sp³-hybridized carbons (Fsp3) is 0.417. The van der Waals surface area contributed by atoms with E-state index in [1.165, 1.54) is 23.1 Å². The summed E-state index contributed by atoms with van der Waals surface area (Å²) in [5.74, 6) is -1.58.